The molecule has 1 fully saturated rings. The molecule has 1 saturated heterocycles. The quantitative estimate of drug-likeness (QED) is 0.880. The number of benzene rings is 1. The third kappa shape index (κ3) is 3.49. The smallest absolute Gasteiger partial charge is 0.170 e. The first kappa shape index (κ1) is 16.2. The number of hydrogen-bond donors (Lipinski definition) is 1. The average Bonchev–Trinajstić information content (AvgIpc) is 3.23. The molecule has 1 aliphatic rings. The second-order valence-electron chi connectivity index (χ2n) is 5.76. The molecule has 1 aliphatic heterocycles. The van der Waals surface area contributed by atoms with Crippen LogP contribution in [0.5, 0.6) is 11.5 Å². The summed E-state index contributed by atoms with van der Waals surface area (Å²) in [7, 11) is 3.29. The molecule has 3 rings (SSSR count). The van der Waals surface area contributed by atoms with Gasteiger partial charge >= 0.3 is 0 Å². The minimum Gasteiger partial charge on any atom is -0.493 e. The normalized spacial score (nSPS) is 18.3. The van der Waals surface area contributed by atoms with Crippen molar-refractivity contribution in [2.75, 3.05) is 33.9 Å². The number of likely N-dealkylation sites (tertiary alicyclic amines) is 1. The number of hydrogen-bond acceptors (Lipinski definition) is 6. The number of aliphatic hydroxyl groups is 1. The van der Waals surface area contributed by atoms with E-state index < -0.39 is 0 Å². The molecule has 1 atom stereocenters. The molecule has 0 radical (unpaired) electrons. The molecule has 0 bridgehead atoms. The Morgan fingerprint density at radius 1 is 1.35 bits per heavy atom. The molecule has 0 spiro atoms. The maximum absolute atomic E-state index is 9.24. The van der Waals surface area contributed by atoms with Crippen molar-refractivity contribution in [3.63, 3.8) is 0 Å². The van der Waals surface area contributed by atoms with Crippen LogP contribution in [-0.4, -0.2) is 48.9 Å². The number of ether oxygens (including phenoxy) is 2. The van der Waals surface area contributed by atoms with E-state index in [9.17, 15) is 5.11 Å². The fourth-order valence-corrected chi connectivity index (χ4v) is 3.83. The molecule has 6 heteroatoms. The van der Waals surface area contributed by atoms with E-state index in [2.05, 4.69) is 10.3 Å². The zero-order valence-electron chi connectivity index (χ0n) is 13.5. The largest absolute Gasteiger partial charge is 0.493 e. The Labute approximate surface area is 140 Å². The predicted octanol–water partition coefficient (Wildman–Crippen LogP) is 2.64. The van der Waals surface area contributed by atoms with Crippen molar-refractivity contribution in [2.24, 2.45) is 5.92 Å². The average molecular weight is 334 g/mol. The highest BCUT2D eigenvalue weighted by Crippen LogP contribution is 2.39. The fraction of sp³-hybridized carbons (Fsp3) is 0.471. The summed E-state index contributed by atoms with van der Waals surface area (Å²) in [6.45, 7) is 3.09. The van der Waals surface area contributed by atoms with Gasteiger partial charge in [-0.15, -0.1) is 11.3 Å². The Bertz CT molecular complexity index is 659. The van der Waals surface area contributed by atoms with Crippen LogP contribution in [0.1, 0.15) is 12.1 Å². The van der Waals surface area contributed by atoms with Crippen molar-refractivity contribution in [2.45, 2.75) is 13.0 Å². The van der Waals surface area contributed by atoms with Gasteiger partial charge in [0.15, 0.2) is 11.5 Å². The summed E-state index contributed by atoms with van der Waals surface area (Å²) in [4.78, 5) is 7.11. The highest BCUT2D eigenvalue weighted by molar-refractivity contribution is 7.13. The topological polar surface area (TPSA) is 54.8 Å². The standard InChI is InChI=1S/C17H22N2O3S/c1-21-15-5-3-4-14(16(15)22-2)17-18-13(11-23-17)9-19-7-6-12(8-19)10-20/h3-5,11-12,20H,6-10H2,1-2H3. The van der Waals surface area contributed by atoms with E-state index in [-0.39, 0.29) is 6.61 Å². The van der Waals surface area contributed by atoms with Gasteiger partial charge in [0.25, 0.3) is 0 Å². The van der Waals surface area contributed by atoms with Crippen LogP contribution in [0.4, 0.5) is 0 Å². The third-order valence-corrected chi connectivity index (χ3v) is 5.12. The number of aromatic nitrogens is 1. The fourth-order valence-electron chi connectivity index (χ4n) is 2.99. The molecule has 2 aromatic rings. The highest BCUT2D eigenvalue weighted by atomic mass is 32.1. The van der Waals surface area contributed by atoms with Crippen LogP contribution in [0.3, 0.4) is 0 Å². The lowest BCUT2D eigenvalue weighted by Crippen LogP contribution is -2.21. The van der Waals surface area contributed by atoms with Gasteiger partial charge in [-0.05, 0) is 31.0 Å². The van der Waals surface area contributed by atoms with E-state index in [4.69, 9.17) is 14.5 Å². The second-order valence-corrected chi connectivity index (χ2v) is 6.62. The van der Waals surface area contributed by atoms with E-state index in [1.54, 1.807) is 25.6 Å². The summed E-state index contributed by atoms with van der Waals surface area (Å²) in [5.41, 5.74) is 2.02. The lowest BCUT2D eigenvalue weighted by molar-refractivity contribution is 0.219. The number of methoxy groups -OCH3 is 2. The number of para-hydroxylation sites is 1. The Morgan fingerprint density at radius 2 is 2.22 bits per heavy atom. The Kier molecular flexibility index (Phi) is 5.15. The molecule has 1 aromatic heterocycles. The molecule has 1 aromatic carbocycles. The Hall–Kier alpha value is -1.63. The van der Waals surface area contributed by atoms with Crippen molar-refractivity contribution in [1.29, 1.82) is 0 Å². The lowest BCUT2D eigenvalue weighted by atomic mass is 10.1. The van der Waals surface area contributed by atoms with Crippen LogP contribution >= 0.6 is 11.3 Å². The van der Waals surface area contributed by atoms with Gasteiger partial charge in [-0.1, -0.05) is 6.07 Å². The minimum absolute atomic E-state index is 0.278. The zero-order valence-corrected chi connectivity index (χ0v) is 14.3. The van der Waals surface area contributed by atoms with Gasteiger partial charge in [-0.25, -0.2) is 4.98 Å². The van der Waals surface area contributed by atoms with Crippen molar-refractivity contribution < 1.29 is 14.6 Å². The molecular weight excluding hydrogens is 312 g/mol. The van der Waals surface area contributed by atoms with Crippen molar-refractivity contribution in [3.8, 4) is 22.1 Å². The van der Waals surface area contributed by atoms with Crippen molar-refractivity contribution >= 4 is 11.3 Å². The Morgan fingerprint density at radius 3 is 2.91 bits per heavy atom. The summed E-state index contributed by atoms with van der Waals surface area (Å²) in [6.07, 6.45) is 1.07. The third-order valence-electron chi connectivity index (χ3n) is 4.20. The monoisotopic (exact) mass is 334 g/mol. The lowest BCUT2D eigenvalue weighted by Gasteiger charge is -2.13. The summed E-state index contributed by atoms with van der Waals surface area (Å²) in [5, 5.41) is 12.3. The van der Waals surface area contributed by atoms with E-state index in [0.717, 1.165) is 48.1 Å². The van der Waals surface area contributed by atoms with E-state index >= 15 is 0 Å². The van der Waals surface area contributed by atoms with Gasteiger partial charge < -0.3 is 14.6 Å². The first-order valence-corrected chi connectivity index (χ1v) is 8.62. The molecular formula is C17H22N2O3S. The van der Waals surface area contributed by atoms with Gasteiger partial charge in [0, 0.05) is 25.1 Å². The zero-order chi connectivity index (χ0) is 16.2. The molecule has 0 amide bonds. The molecule has 23 heavy (non-hydrogen) atoms. The maximum Gasteiger partial charge on any atom is 0.170 e. The van der Waals surface area contributed by atoms with Crippen LogP contribution < -0.4 is 9.47 Å². The van der Waals surface area contributed by atoms with E-state index in [0.29, 0.717) is 11.7 Å². The number of rotatable bonds is 6. The van der Waals surface area contributed by atoms with Crippen LogP contribution in [0.2, 0.25) is 0 Å². The van der Waals surface area contributed by atoms with Gasteiger partial charge in [0.05, 0.1) is 25.5 Å². The van der Waals surface area contributed by atoms with Gasteiger partial charge in [0.1, 0.15) is 5.01 Å². The molecule has 1 unspecified atom stereocenters. The predicted molar refractivity (Wildman–Crippen MR) is 91.1 cm³/mol. The Balaban J connectivity index is 1.77. The van der Waals surface area contributed by atoms with Crippen molar-refractivity contribution in [1.82, 2.24) is 9.88 Å². The number of thiazole rings is 1. The summed E-state index contributed by atoms with van der Waals surface area (Å²) < 4.78 is 10.9. The maximum atomic E-state index is 9.24. The minimum atomic E-state index is 0.278. The van der Waals surface area contributed by atoms with E-state index in [1.165, 1.54) is 0 Å². The van der Waals surface area contributed by atoms with Crippen LogP contribution in [-0.2, 0) is 6.54 Å². The summed E-state index contributed by atoms with van der Waals surface area (Å²) in [6, 6.07) is 5.84. The van der Waals surface area contributed by atoms with Gasteiger partial charge in [-0.2, -0.15) is 0 Å². The molecule has 0 saturated carbocycles. The second kappa shape index (κ2) is 7.29. The van der Waals surface area contributed by atoms with Crippen molar-refractivity contribution in [3.05, 3.63) is 29.3 Å². The van der Waals surface area contributed by atoms with Crippen LogP contribution in [0.15, 0.2) is 23.6 Å². The first-order valence-electron chi connectivity index (χ1n) is 7.74. The molecule has 2 heterocycles. The molecule has 124 valence electrons. The van der Waals surface area contributed by atoms with Crippen LogP contribution in [0.25, 0.3) is 10.6 Å². The molecule has 1 N–H and O–H groups in total. The molecule has 5 nitrogen and oxygen atoms in total. The summed E-state index contributed by atoms with van der Waals surface area (Å²) >= 11 is 1.62. The summed E-state index contributed by atoms with van der Waals surface area (Å²) in [5.74, 6) is 1.84. The first-order chi connectivity index (χ1) is 11.2. The van der Waals surface area contributed by atoms with Gasteiger partial charge in [0.2, 0.25) is 0 Å². The highest BCUT2D eigenvalue weighted by Gasteiger charge is 2.22. The number of nitrogens with zero attached hydrogens (tertiary/aromatic N) is 2. The van der Waals surface area contributed by atoms with Gasteiger partial charge in [-0.3, -0.25) is 4.90 Å². The number of aliphatic hydroxyl groups excluding tert-OH is 1. The van der Waals surface area contributed by atoms with E-state index in [1.807, 2.05) is 18.2 Å². The van der Waals surface area contributed by atoms with Crippen LogP contribution in [0, 0.1) is 5.92 Å². The SMILES string of the molecule is COc1cccc(-c2nc(CN3CCC(CO)C3)cs2)c1OC. The molecule has 0 aliphatic carbocycles.